The summed E-state index contributed by atoms with van der Waals surface area (Å²) >= 11 is 0. The molecule has 3 aromatic rings. The average molecular weight is 394 g/mol. The highest BCUT2D eigenvalue weighted by atomic mass is 32.2. The van der Waals surface area contributed by atoms with Crippen LogP contribution < -0.4 is 0 Å². The third kappa shape index (κ3) is 3.31. The summed E-state index contributed by atoms with van der Waals surface area (Å²) in [6.45, 7) is 1.98. The van der Waals surface area contributed by atoms with E-state index >= 15 is 0 Å². The van der Waals surface area contributed by atoms with E-state index in [4.69, 9.17) is 0 Å². The largest absolute Gasteiger partial charge is 0.279 e. The zero-order valence-corrected chi connectivity index (χ0v) is 16.1. The molecule has 0 radical (unpaired) electrons. The molecule has 0 bridgehead atoms. The average Bonchev–Trinajstić information content (AvgIpc) is 3.15. The lowest BCUT2D eigenvalue weighted by Gasteiger charge is -2.23. The Bertz CT molecular complexity index is 1130. The van der Waals surface area contributed by atoms with E-state index in [-0.39, 0.29) is 4.90 Å². The summed E-state index contributed by atoms with van der Waals surface area (Å²) in [7, 11) is -3.92. The molecular weight excluding hydrogens is 375 g/mol. The van der Waals surface area contributed by atoms with E-state index in [2.05, 4.69) is 5.10 Å². The lowest BCUT2D eigenvalue weighted by atomic mass is 9.98. The molecule has 3 aromatic carbocycles. The summed E-state index contributed by atoms with van der Waals surface area (Å²) in [6, 6.07) is 21.3. The van der Waals surface area contributed by atoms with Crippen LogP contribution in [0.1, 0.15) is 29.2 Å². The molecule has 0 amide bonds. The van der Waals surface area contributed by atoms with Crippen LogP contribution in [0, 0.1) is 12.7 Å². The van der Waals surface area contributed by atoms with Gasteiger partial charge in [0.25, 0.3) is 10.0 Å². The predicted octanol–water partition coefficient (Wildman–Crippen LogP) is 4.67. The number of nitrogens with zero attached hydrogens (tertiary/aromatic N) is 2. The van der Waals surface area contributed by atoms with E-state index < -0.39 is 21.9 Å². The molecule has 0 N–H and O–H groups in total. The zero-order valence-electron chi connectivity index (χ0n) is 15.3. The molecule has 0 aromatic heterocycles. The number of rotatable bonds is 4. The van der Waals surface area contributed by atoms with Crippen LogP contribution in [0.4, 0.5) is 4.39 Å². The van der Waals surface area contributed by atoms with Gasteiger partial charge in [-0.1, -0.05) is 66.2 Å². The summed E-state index contributed by atoms with van der Waals surface area (Å²) in [5, 5.41) is 4.43. The van der Waals surface area contributed by atoms with Crippen molar-refractivity contribution in [3.63, 3.8) is 0 Å². The van der Waals surface area contributed by atoms with Crippen LogP contribution in [0.3, 0.4) is 0 Å². The minimum atomic E-state index is -3.92. The van der Waals surface area contributed by atoms with Crippen molar-refractivity contribution in [2.75, 3.05) is 0 Å². The minimum Gasteiger partial charge on any atom is -0.207 e. The Hall–Kier alpha value is -2.99. The van der Waals surface area contributed by atoms with E-state index in [1.54, 1.807) is 36.4 Å². The molecule has 1 heterocycles. The summed E-state index contributed by atoms with van der Waals surface area (Å²) in [4.78, 5) is 0.130. The monoisotopic (exact) mass is 394 g/mol. The predicted molar refractivity (Wildman–Crippen MR) is 107 cm³/mol. The standard InChI is InChI=1S/C22H19FN2O2S/c1-16-11-13-17(14-12-16)21-15-22(19-9-5-6-10-20(19)23)25(24-21)28(26,27)18-7-3-2-4-8-18/h2-14,22H,15H2,1H3/t22-/m1/s1. The van der Waals surface area contributed by atoms with Gasteiger partial charge in [0.2, 0.25) is 0 Å². The second-order valence-electron chi connectivity index (χ2n) is 6.74. The first-order valence-corrected chi connectivity index (χ1v) is 10.4. The van der Waals surface area contributed by atoms with Gasteiger partial charge < -0.3 is 0 Å². The first-order chi connectivity index (χ1) is 13.5. The maximum atomic E-state index is 14.5. The number of hydrazone groups is 1. The maximum absolute atomic E-state index is 14.5. The van der Waals surface area contributed by atoms with Gasteiger partial charge in [0.1, 0.15) is 5.82 Å². The molecule has 0 aliphatic carbocycles. The number of sulfonamides is 1. The molecule has 0 unspecified atom stereocenters. The zero-order chi connectivity index (χ0) is 19.7. The maximum Gasteiger partial charge on any atom is 0.279 e. The van der Waals surface area contributed by atoms with Crippen molar-refractivity contribution in [1.29, 1.82) is 0 Å². The Labute approximate surface area is 164 Å². The summed E-state index contributed by atoms with van der Waals surface area (Å²) in [6.07, 6.45) is 0.302. The highest BCUT2D eigenvalue weighted by Crippen LogP contribution is 2.38. The molecule has 1 aliphatic rings. The molecular formula is C22H19FN2O2S. The highest BCUT2D eigenvalue weighted by molar-refractivity contribution is 7.89. The molecule has 1 atom stereocenters. The number of aryl methyl sites for hydroxylation is 1. The van der Waals surface area contributed by atoms with Crippen LogP contribution in [0.2, 0.25) is 0 Å². The van der Waals surface area contributed by atoms with Crippen LogP contribution in [0.15, 0.2) is 88.9 Å². The van der Waals surface area contributed by atoms with E-state index in [9.17, 15) is 12.8 Å². The Balaban J connectivity index is 1.82. The molecule has 142 valence electrons. The van der Waals surface area contributed by atoms with Crippen LogP contribution >= 0.6 is 0 Å². The number of hydrogen-bond donors (Lipinski definition) is 0. The first-order valence-electron chi connectivity index (χ1n) is 8.95. The molecule has 1 aliphatic heterocycles. The quantitative estimate of drug-likeness (QED) is 0.645. The topological polar surface area (TPSA) is 49.7 Å². The van der Waals surface area contributed by atoms with Crippen molar-refractivity contribution in [1.82, 2.24) is 4.41 Å². The van der Waals surface area contributed by atoms with Gasteiger partial charge in [-0.25, -0.2) is 4.39 Å². The minimum absolute atomic E-state index is 0.130. The van der Waals surface area contributed by atoms with Gasteiger partial charge in [-0.05, 0) is 30.7 Å². The normalized spacial score (nSPS) is 16.9. The Morgan fingerprint density at radius 1 is 0.929 bits per heavy atom. The van der Waals surface area contributed by atoms with Gasteiger partial charge in [0.15, 0.2) is 0 Å². The molecule has 0 spiro atoms. The Morgan fingerprint density at radius 3 is 2.25 bits per heavy atom. The lowest BCUT2D eigenvalue weighted by molar-refractivity contribution is 0.362. The van der Waals surface area contributed by atoms with Crippen molar-refractivity contribution in [2.45, 2.75) is 24.3 Å². The van der Waals surface area contributed by atoms with Gasteiger partial charge in [0.05, 0.1) is 16.6 Å². The Morgan fingerprint density at radius 2 is 1.57 bits per heavy atom. The number of halogens is 1. The van der Waals surface area contributed by atoms with Gasteiger partial charge >= 0.3 is 0 Å². The fourth-order valence-corrected chi connectivity index (χ4v) is 4.75. The summed E-state index contributed by atoms with van der Waals surface area (Å²) in [5.41, 5.74) is 2.86. The molecule has 28 heavy (non-hydrogen) atoms. The fourth-order valence-electron chi connectivity index (χ4n) is 3.31. The molecule has 0 saturated carbocycles. The molecule has 4 rings (SSSR count). The SMILES string of the molecule is Cc1ccc(C2=NN(S(=O)(=O)c3ccccc3)[C@@H](c3ccccc3F)C2)cc1. The second-order valence-corrected chi connectivity index (χ2v) is 8.54. The number of hydrogen-bond acceptors (Lipinski definition) is 3. The van der Waals surface area contributed by atoms with Crippen molar-refractivity contribution >= 4 is 15.7 Å². The van der Waals surface area contributed by atoms with Crippen LogP contribution in [0.25, 0.3) is 0 Å². The van der Waals surface area contributed by atoms with Gasteiger partial charge in [0, 0.05) is 12.0 Å². The smallest absolute Gasteiger partial charge is 0.207 e. The van der Waals surface area contributed by atoms with Crippen LogP contribution in [-0.2, 0) is 10.0 Å². The number of benzene rings is 3. The highest BCUT2D eigenvalue weighted by Gasteiger charge is 2.38. The molecule has 0 fully saturated rings. The van der Waals surface area contributed by atoms with Crippen molar-refractivity contribution in [2.24, 2.45) is 5.10 Å². The van der Waals surface area contributed by atoms with Gasteiger partial charge in [-0.3, -0.25) is 0 Å². The van der Waals surface area contributed by atoms with Crippen molar-refractivity contribution < 1.29 is 12.8 Å². The molecule has 4 nitrogen and oxygen atoms in total. The van der Waals surface area contributed by atoms with Gasteiger partial charge in [-0.15, -0.1) is 0 Å². The second kappa shape index (κ2) is 7.20. The van der Waals surface area contributed by atoms with Crippen molar-refractivity contribution in [3.8, 4) is 0 Å². The van der Waals surface area contributed by atoms with E-state index in [1.165, 1.54) is 18.2 Å². The van der Waals surface area contributed by atoms with E-state index in [0.29, 0.717) is 17.7 Å². The van der Waals surface area contributed by atoms with Gasteiger partial charge in [-0.2, -0.15) is 17.9 Å². The van der Waals surface area contributed by atoms with Crippen molar-refractivity contribution in [3.05, 3.63) is 101 Å². The fraction of sp³-hybridized carbons (Fsp3) is 0.136. The molecule has 6 heteroatoms. The van der Waals surface area contributed by atoms with Crippen LogP contribution in [-0.4, -0.2) is 18.5 Å². The molecule has 0 saturated heterocycles. The Kier molecular flexibility index (Phi) is 4.73. The third-order valence-corrected chi connectivity index (χ3v) is 6.51. The summed E-state index contributed by atoms with van der Waals surface area (Å²) < 4.78 is 42.1. The van der Waals surface area contributed by atoms with E-state index in [1.807, 2.05) is 31.2 Å². The van der Waals surface area contributed by atoms with Crippen LogP contribution in [0.5, 0.6) is 0 Å². The lowest BCUT2D eigenvalue weighted by Crippen LogP contribution is -2.27. The third-order valence-electron chi connectivity index (χ3n) is 4.81. The summed E-state index contributed by atoms with van der Waals surface area (Å²) in [5.74, 6) is -0.443. The first kappa shape index (κ1) is 18.4. The van der Waals surface area contributed by atoms with E-state index in [0.717, 1.165) is 15.5 Å².